The van der Waals surface area contributed by atoms with Crippen molar-refractivity contribution in [3.63, 3.8) is 0 Å². The van der Waals surface area contributed by atoms with E-state index in [2.05, 4.69) is 10.3 Å². The Morgan fingerprint density at radius 3 is 2.65 bits per heavy atom. The zero-order valence-corrected chi connectivity index (χ0v) is 9.80. The van der Waals surface area contributed by atoms with Crippen LogP contribution in [0.2, 0.25) is 5.02 Å². The molecule has 0 aliphatic rings. The molecule has 1 aromatic heterocycles. The summed E-state index contributed by atoms with van der Waals surface area (Å²) in [5.41, 5.74) is 1.21. The highest BCUT2D eigenvalue weighted by Crippen LogP contribution is 2.16. The fourth-order valence-electron chi connectivity index (χ4n) is 1.32. The Hall–Kier alpha value is -1.88. The quantitative estimate of drug-likeness (QED) is 0.907. The number of rotatable bonds is 3. The lowest BCUT2D eigenvalue weighted by atomic mass is 10.1. The number of aromatic nitrogens is 3. The van der Waals surface area contributed by atoms with Crippen molar-refractivity contribution in [3.05, 3.63) is 41.2 Å². The van der Waals surface area contributed by atoms with E-state index in [1.54, 1.807) is 37.4 Å². The third-order valence-electron chi connectivity index (χ3n) is 2.42. The maximum absolute atomic E-state index is 10.8. The van der Waals surface area contributed by atoms with E-state index in [9.17, 15) is 4.79 Å². The Morgan fingerprint density at radius 1 is 1.41 bits per heavy atom. The number of aliphatic carboxylic acids is 1. The fraction of sp³-hybridized carbons (Fsp3) is 0.182. The number of nitrogens with zero attached hydrogens (tertiary/aromatic N) is 3. The van der Waals surface area contributed by atoms with Crippen LogP contribution in [0.1, 0.15) is 18.5 Å². The van der Waals surface area contributed by atoms with Gasteiger partial charge in [0.1, 0.15) is 0 Å². The molecule has 0 spiro atoms. The largest absolute Gasteiger partial charge is 0.481 e. The third-order valence-corrected chi connectivity index (χ3v) is 2.67. The Labute approximate surface area is 103 Å². The van der Waals surface area contributed by atoms with Crippen LogP contribution in [0.5, 0.6) is 0 Å². The molecule has 2 rings (SSSR count). The first-order valence-electron chi connectivity index (χ1n) is 4.99. The summed E-state index contributed by atoms with van der Waals surface area (Å²) in [6, 6.07) is 7.04. The molecule has 0 bridgehead atoms. The Morgan fingerprint density at radius 2 is 2.06 bits per heavy atom. The number of carboxylic acid groups (broad SMARTS) is 1. The summed E-state index contributed by atoms with van der Waals surface area (Å²) in [5.74, 6) is -1.59. The lowest BCUT2D eigenvalue weighted by molar-refractivity contribution is -0.138. The van der Waals surface area contributed by atoms with Gasteiger partial charge in [0.05, 0.1) is 23.5 Å². The summed E-state index contributed by atoms with van der Waals surface area (Å²) in [5, 5.41) is 17.2. The molecular formula is C11H10ClN3O2. The lowest BCUT2D eigenvalue weighted by Gasteiger charge is -2.00. The van der Waals surface area contributed by atoms with Crippen molar-refractivity contribution in [2.75, 3.05) is 0 Å². The van der Waals surface area contributed by atoms with Crippen molar-refractivity contribution < 1.29 is 9.90 Å². The molecule has 17 heavy (non-hydrogen) atoms. The van der Waals surface area contributed by atoms with Gasteiger partial charge in [-0.1, -0.05) is 16.8 Å². The van der Waals surface area contributed by atoms with Gasteiger partial charge >= 0.3 is 5.97 Å². The second-order valence-corrected chi connectivity index (χ2v) is 4.06. The maximum Gasteiger partial charge on any atom is 0.312 e. The predicted octanol–water partition coefficient (Wildman–Crippen LogP) is 2.11. The van der Waals surface area contributed by atoms with Crippen LogP contribution >= 0.6 is 11.6 Å². The molecular weight excluding hydrogens is 242 g/mol. The molecule has 6 heteroatoms. The van der Waals surface area contributed by atoms with Crippen molar-refractivity contribution in [2.45, 2.75) is 12.8 Å². The number of halogens is 1. The van der Waals surface area contributed by atoms with Gasteiger partial charge in [0, 0.05) is 5.02 Å². The van der Waals surface area contributed by atoms with E-state index < -0.39 is 11.9 Å². The van der Waals surface area contributed by atoms with Crippen molar-refractivity contribution in [1.82, 2.24) is 15.0 Å². The number of hydrogen-bond acceptors (Lipinski definition) is 3. The smallest absolute Gasteiger partial charge is 0.312 e. The molecule has 2 aromatic rings. The minimum atomic E-state index is -0.923. The summed E-state index contributed by atoms with van der Waals surface area (Å²) >= 11 is 5.77. The van der Waals surface area contributed by atoms with Gasteiger partial charge in [-0.2, -0.15) is 0 Å². The monoisotopic (exact) mass is 251 g/mol. The third kappa shape index (κ3) is 2.45. The van der Waals surface area contributed by atoms with E-state index in [1.807, 2.05) is 0 Å². The molecule has 5 nitrogen and oxygen atoms in total. The number of benzene rings is 1. The highest BCUT2D eigenvalue weighted by Gasteiger charge is 2.17. The van der Waals surface area contributed by atoms with E-state index in [-0.39, 0.29) is 0 Å². The minimum absolute atomic E-state index is 0.424. The molecule has 0 saturated heterocycles. The summed E-state index contributed by atoms with van der Waals surface area (Å²) in [7, 11) is 0. The van der Waals surface area contributed by atoms with E-state index in [0.717, 1.165) is 5.69 Å². The highest BCUT2D eigenvalue weighted by molar-refractivity contribution is 6.30. The molecule has 1 heterocycles. The van der Waals surface area contributed by atoms with E-state index >= 15 is 0 Å². The van der Waals surface area contributed by atoms with Crippen LogP contribution in [-0.4, -0.2) is 26.1 Å². The molecule has 1 unspecified atom stereocenters. The lowest BCUT2D eigenvalue weighted by Crippen LogP contribution is -2.07. The summed E-state index contributed by atoms with van der Waals surface area (Å²) < 4.78 is 1.52. The molecule has 0 fully saturated rings. The number of carboxylic acids is 1. The van der Waals surface area contributed by atoms with Crippen LogP contribution in [0.15, 0.2) is 30.5 Å². The SMILES string of the molecule is CC(C(=O)O)c1cn(-c2ccc(Cl)cc2)nn1. The van der Waals surface area contributed by atoms with Gasteiger partial charge in [-0.05, 0) is 31.2 Å². The molecule has 0 aliphatic heterocycles. The number of carbonyl (C=O) groups is 1. The van der Waals surface area contributed by atoms with Crippen LogP contribution in [0, 0.1) is 0 Å². The molecule has 0 saturated carbocycles. The summed E-state index contributed by atoms with van der Waals surface area (Å²) in [4.78, 5) is 10.8. The Bertz CT molecular complexity index is 536. The summed E-state index contributed by atoms with van der Waals surface area (Å²) in [6.45, 7) is 1.57. The minimum Gasteiger partial charge on any atom is -0.481 e. The molecule has 1 atom stereocenters. The second kappa shape index (κ2) is 4.55. The fourth-order valence-corrected chi connectivity index (χ4v) is 1.45. The van der Waals surface area contributed by atoms with Crippen molar-refractivity contribution >= 4 is 17.6 Å². The molecule has 1 aromatic carbocycles. The average molecular weight is 252 g/mol. The van der Waals surface area contributed by atoms with Crippen molar-refractivity contribution in [1.29, 1.82) is 0 Å². The van der Waals surface area contributed by atoms with E-state index in [4.69, 9.17) is 16.7 Å². The molecule has 1 N–H and O–H groups in total. The normalized spacial score (nSPS) is 12.4. The predicted molar refractivity (Wildman–Crippen MR) is 62.4 cm³/mol. The van der Waals surface area contributed by atoms with Crippen LogP contribution in [0.3, 0.4) is 0 Å². The number of hydrogen-bond donors (Lipinski definition) is 1. The standard InChI is InChI=1S/C11H10ClN3O2/c1-7(11(16)17)10-6-15(14-13-10)9-4-2-8(12)3-5-9/h2-7H,1H3,(H,16,17). The van der Waals surface area contributed by atoms with Gasteiger partial charge in [-0.3, -0.25) is 4.79 Å². The van der Waals surface area contributed by atoms with Crippen molar-refractivity contribution in [2.24, 2.45) is 0 Å². The van der Waals surface area contributed by atoms with E-state index in [0.29, 0.717) is 10.7 Å². The van der Waals surface area contributed by atoms with Gasteiger partial charge < -0.3 is 5.11 Å². The van der Waals surface area contributed by atoms with Crippen LogP contribution < -0.4 is 0 Å². The van der Waals surface area contributed by atoms with Crippen LogP contribution in [-0.2, 0) is 4.79 Å². The Kier molecular flexibility index (Phi) is 3.10. The van der Waals surface area contributed by atoms with Gasteiger partial charge in [0.25, 0.3) is 0 Å². The van der Waals surface area contributed by atoms with Crippen LogP contribution in [0.25, 0.3) is 5.69 Å². The molecule has 0 amide bonds. The molecule has 0 aliphatic carbocycles. The first-order chi connectivity index (χ1) is 8.08. The van der Waals surface area contributed by atoms with Gasteiger partial charge in [-0.25, -0.2) is 4.68 Å². The summed E-state index contributed by atoms with van der Waals surface area (Å²) in [6.07, 6.45) is 1.60. The first kappa shape index (κ1) is 11.6. The van der Waals surface area contributed by atoms with Crippen molar-refractivity contribution in [3.8, 4) is 5.69 Å². The van der Waals surface area contributed by atoms with E-state index in [1.165, 1.54) is 4.68 Å². The van der Waals surface area contributed by atoms with Crippen LogP contribution in [0.4, 0.5) is 0 Å². The average Bonchev–Trinajstić information content (AvgIpc) is 2.78. The van der Waals surface area contributed by atoms with Gasteiger partial charge in [0.2, 0.25) is 0 Å². The maximum atomic E-state index is 10.8. The molecule has 88 valence electrons. The van der Waals surface area contributed by atoms with Gasteiger partial charge in [0.15, 0.2) is 0 Å². The first-order valence-corrected chi connectivity index (χ1v) is 5.36. The second-order valence-electron chi connectivity index (χ2n) is 3.62. The molecule has 0 radical (unpaired) electrons. The van der Waals surface area contributed by atoms with Gasteiger partial charge in [-0.15, -0.1) is 5.10 Å². The highest BCUT2D eigenvalue weighted by atomic mass is 35.5. The zero-order valence-electron chi connectivity index (χ0n) is 9.04. The Balaban J connectivity index is 2.29. The topological polar surface area (TPSA) is 68.0 Å². The zero-order chi connectivity index (χ0) is 12.4.